The second-order valence-electron chi connectivity index (χ2n) is 4.49. The van der Waals surface area contributed by atoms with E-state index in [-0.39, 0.29) is 0 Å². The van der Waals surface area contributed by atoms with Crippen molar-refractivity contribution in [2.45, 2.75) is 0 Å². The average Bonchev–Trinajstić information content (AvgIpc) is 2.84. The van der Waals surface area contributed by atoms with E-state index in [1.165, 1.54) is 0 Å². The Morgan fingerprint density at radius 2 is 1.67 bits per heavy atom. The van der Waals surface area contributed by atoms with Crippen molar-refractivity contribution in [3.8, 4) is 22.4 Å². The summed E-state index contributed by atoms with van der Waals surface area (Å²) < 4.78 is 3.19. The highest BCUT2D eigenvalue weighted by atomic mass is 127. The molecule has 0 aliphatic rings. The summed E-state index contributed by atoms with van der Waals surface area (Å²) in [5, 5.41) is 7.24. The summed E-state index contributed by atoms with van der Waals surface area (Å²) in [6.45, 7) is 0. The Bertz CT molecular complexity index is 797. The number of anilines is 1. The first kappa shape index (κ1) is 15.1. The summed E-state index contributed by atoms with van der Waals surface area (Å²) >= 11 is 9.28. The maximum atomic E-state index is 6.07. The molecule has 0 fully saturated rings. The summed E-state index contributed by atoms with van der Waals surface area (Å²) in [7, 11) is 0. The molecule has 3 rings (SSSR count). The molecule has 0 unspecified atom stereocenters. The molecule has 0 saturated carbocycles. The highest BCUT2D eigenvalue weighted by Crippen LogP contribution is 2.37. The minimum atomic E-state index is 0.503. The number of nitrogens with one attached hydrogen (secondary N) is 1. The fourth-order valence-electron chi connectivity index (χ4n) is 2.15. The number of aromatic nitrogens is 2. The van der Waals surface area contributed by atoms with Gasteiger partial charge in [-0.15, -0.1) is 0 Å². The normalized spacial score (nSPS) is 10.8. The molecule has 106 valence electrons. The molecule has 3 N–H and O–H groups in total. The van der Waals surface area contributed by atoms with E-state index >= 15 is 0 Å². The zero-order valence-corrected chi connectivity index (χ0v) is 16.0. The molecule has 1 aromatic heterocycles. The van der Waals surface area contributed by atoms with Gasteiger partial charge in [0.1, 0.15) is 0 Å². The third-order valence-electron chi connectivity index (χ3n) is 3.12. The van der Waals surface area contributed by atoms with Gasteiger partial charge in [-0.2, -0.15) is 5.10 Å². The van der Waals surface area contributed by atoms with Crippen LogP contribution in [0.4, 0.5) is 5.82 Å². The van der Waals surface area contributed by atoms with Crippen LogP contribution in [0.1, 0.15) is 0 Å². The molecule has 2 aromatic carbocycles. The van der Waals surface area contributed by atoms with Gasteiger partial charge in [-0.1, -0.05) is 44.0 Å². The predicted octanol–water partition coefficient (Wildman–Crippen LogP) is 5.46. The van der Waals surface area contributed by atoms with Gasteiger partial charge in [-0.25, -0.2) is 0 Å². The Balaban J connectivity index is 2.21. The Morgan fingerprint density at radius 1 is 1.00 bits per heavy atom. The van der Waals surface area contributed by atoms with Crippen molar-refractivity contribution >= 4 is 60.3 Å². The van der Waals surface area contributed by atoms with Gasteiger partial charge in [0.15, 0.2) is 5.82 Å². The Hall–Kier alpha value is -0.860. The quantitative estimate of drug-likeness (QED) is 0.443. The molecular weight excluding hydrogens is 509 g/mol. The highest BCUT2D eigenvalue weighted by Gasteiger charge is 2.16. The van der Waals surface area contributed by atoms with Crippen molar-refractivity contribution < 1.29 is 0 Å². The van der Waals surface area contributed by atoms with Gasteiger partial charge in [-0.05, 0) is 58.5 Å². The van der Waals surface area contributed by atoms with E-state index in [2.05, 4.69) is 76.8 Å². The molecular formula is C15H10Br2IN3. The van der Waals surface area contributed by atoms with Gasteiger partial charge in [0, 0.05) is 18.1 Å². The Morgan fingerprint density at radius 3 is 2.38 bits per heavy atom. The number of nitrogens with zero attached hydrogens (tertiary/aromatic N) is 1. The summed E-state index contributed by atoms with van der Waals surface area (Å²) in [6.07, 6.45) is 0. The number of hydrogen-bond donors (Lipinski definition) is 2. The fraction of sp³-hybridized carbons (Fsp3) is 0. The zero-order chi connectivity index (χ0) is 15.0. The van der Waals surface area contributed by atoms with Crippen LogP contribution >= 0.6 is 54.5 Å². The van der Waals surface area contributed by atoms with E-state index in [4.69, 9.17) is 5.73 Å². The molecule has 0 aliphatic heterocycles. The molecule has 0 saturated heterocycles. The van der Waals surface area contributed by atoms with Crippen molar-refractivity contribution in [2.24, 2.45) is 0 Å². The molecule has 3 nitrogen and oxygen atoms in total. The third kappa shape index (κ3) is 3.02. The van der Waals surface area contributed by atoms with Gasteiger partial charge in [0.05, 0.1) is 11.3 Å². The van der Waals surface area contributed by atoms with Gasteiger partial charge in [0.25, 0.3) is 0 Å². The predicted molar refractivity (Wildman–Crippen MR) is 102 cm³/mol. The number of hydrogen-bond acceptors (Lipinski definition) is 2. The Kier molecular flexibility index (Phi) is 4.37. The van der Waals surface area contributed by atoms with E-state index in [9.17, 15) is 0 Å². The van der Waals surface area contributed by atoms with Crippen molar-refractivity contribution in [3.63, 3.8) is 0 Å². The Labute approximate surface area is 152 Å². The summed E-state index contributed by atoms with van der Waals surface area (Å²) in [5.41, 5.74) is 10.0. The summed E-state index contributed by atoms with van der Waals surface area (Å²) in [4.78, 5) is 0. The van der Waals surface area contributed by atoms with Crippen LogP contribution < -0.4 is 5.73 Å². The van der Waals surface area contributed by atoms with Gasteiger partial charge in [-0.3, -0.25) is 5.10 Å². The SMILES string of the molecule is Nc1n[nH]c(-c2cc(Br)ccc2I)c1-c1ccc(Br)cc1. The number of halogens is 3. The largest absolute Gasteiger partial charge is 0.382 e. The molecule has 3 aromatic rings. The number of rotatable bonds is 2. The minimum absolute atomic E-state index is 0.503. The highest BCUT2D eigenvalue weighted by molar-refractivity contribution is 14.1. The molecule has 21 heavy (non-hydrogen) atoms. The van der Waals surface area contributed by atoms with Crippen molar-refractivity contribution in [2.75, 3.05) is 5.73 Å². The first-order valence-corrected chi connectivity index (χ1v) is 8.78. The van der Waals surface area contributed by atoms with Crippen molar-refractivity contribution in [1.29, 1.82) is 0 Å². The molecule has 0 radical (unpaired) electrons. The van der Waals surface area contributed by atoms with Crippen LogP contribution in [-0.2, 0) is 0 Å². The van der Waals surface area contributed by atoms with E-state index in [1.54, 1.807) is 0 Å². The fourth-order valence-corrected chi connectivity index (χ4v) is 3.38. The number of H-pyrrole nitrogens is 1. The molecule has 0 atom stereocenters. The standard InChI is InChI=1S/C15H10Br2IN3/c16-9-3-1-8(2-4-9)13-14(20-21-15(13)19)11-7-10(17)5-6-12(11)18/h1-7H,(H3,19,20,21). The van der Waals surface area contributed by atoms with E-state index in [1.807, 2.05) is 30.3 Å². The van der Waals surface area contributed by atoms with E-state index < -0.39 is 0 Å². The summed E-state index contributed by atoms with van der Waals surface area (Å²) in [6, 6.07) is 14.2. The minimum Gasteiger partial charge on any atom is -0.382 e. The number of nitrogens with two attached hydrogens (primary N) is 1. The molecule has 0 amide bonds. The topological polar surface area (TPSA) is 54.7 Å². The van der Waals surface area contributed by atoms with Crippen molar-refractivity contribution in [3.05, 3.63) is 55.0 Å². The van der Waals surface area contributed by atoms with Crippen LogP contribution in [0.25, 0.3) is 22.4 Å². The van der Waals surface area contributed by atoms with Gasteiger partial charge >= 0.3 is 0 Å². The van der Waals surface area contributed by atoms with E-state index in [0.29, 0.717) is 5.82 Å². The lowest BCUT2D eigenvalue weighted by molar-refractivity contribution is 1.10. The lowest BCUT2D eigenvalue weighted by atomic mass is 10.0. The van der Waals surface area contributed by atoms with Crippen LogP contribution in [0.3, 0.4) is 0 Å². The van der Waals surface area contributed by atoms with E-state index in [0.717, 1.165) is 34.9 Å². The first-order chi connectivity index (χ1) is 10.1. The lowest BCUT2D eigenvalue weighted by Gasteiger charge is -2.07. The average molecular weight is 519 g/mol. The maximum absolute atomic E-state index is 6.07. The van der Waals surface area contributed by atoms with Crippen LogP contribution in [0.5, 0.6) is 0 Å². The number of benzene rings is 2. The summed E-state index contributed by atoms with van der Waals surface area (Å²) in [5.74, 6) is 0.503. The molecule has 0 bridgehead atoms. The monoisotopic (exact) mass is 517 g/mol. The van der Waals surface area contributed by atoms with Crippen molar-refractivity contribution in [1.82, 2.24) is 10.2 Å². The van der Waals surface area contributed by atoms with Crippen LogP contribution in [0.2, 0.25) is 0 Å². The lowest BCUT2D eigenvalue weighted by Crippen LogP contribution is -1.90. The smallest absolute Gasteiger partial charge is 0.153 e. The maximum Gasteiger partial charge on any atom is 0.153 e. The van der Waals surface area contributed by atoms with Gasteiger partial charge in [0.2, 0.25) is 0 Å². The van der Waals surface area contributed by atoms with Crippen LogP contribution in [0.15, 0.2) is 51.4 Å². The third-order valence-corrected chi connectivity index (χ3v) is 5.09. The molecule has 1 heterocycles. The van der Waals surface area contributed by atoms with Gasteiger partial charge < -0.3 is 5.73 Å². The molecule has 0 aliphatic carbocycles. The molecule has 0 spiro atoms. The molecule has 6 heteroatoms. The second-order valence-corrected chi connectivity index (χ2v) is 7.48. The number of nitrogen functional groups attached to an aromatic ring is 1. The zero-order valence-electron chi connectivity index (χ0n) is 10.7. The van der Waals surface area contributed by atoms with Crippen LogP contribution in [-0.4, -0.2) is 10.2 Å². The first-order valence-electron chi connectivity index (χ1n) is 6.11. The number of aromatic amines is 1. The second kappa shape index (κ2) is 6.10. The van der Waals surface area contributed by atoms with Crippen LogP contribution in [0, 0.1) is 3.57 Å².